The van der Waals surface area contributed by atoms with Crippen LogP contribution in [0, 0.1) is 17.0 Å². The highest BCUT2D eigenvalue weighted by atomic mass is 16.6. The van der Waals surface area contributed by atoms with Crippen molar-refractivity contribution in [3.05, 3.63) is 33.9 Å². The number of amides is 1. The van der Waals surface area contributed by atoms with Gasteiger partial charge in [0, 0.05) is 19.2 Å². The van der Waals surface area contributed by atoms with Gasteiger partial charge in [0.2, 0.25) is 0 Å². The Kier molecular flexibility index (Phi) is 3.99. The quantitative estimate of drug-likeness (QED) is 0.615. The van der Waals surface area contributed by atoms with E-state index in [1.807, 2.05) is 0 Å². The molecule has 1 amide bonds. The first-order valence-corrected chi connectivity index (χ1v) is 6.23. The average molecular weight is 264 g/mol. The third-order valence-corrected chi connectivity index (χ3v) is 3.12. The highest BCUT2D eigenvalue weighted by Gasteiger charge is 2.20. The third kappa shape index (κ3) is 3.21. The molecule has 1 fully saturated rings. The zero-order valence-electron chi connectivity index (χ0n) is 10.8. The Labute approximate surface area is 111 Å². The van der Waals surface area contributed by atoms with E-state index in [1.165, 1.54) is 12.1 Å². The van der Waals surface area contributed by atoms with E-state index >= 15 is 0 Å². The Morgan fingerprint density at radius 3 is 2.74 bits per heavy atom. The van der Waals surface area contributed by atoms with Gasteiger partial charge in [-0.1, -0.05) is 6.07 Å². The van der Waals surface area contributed by atoms with Crippen LogP contribution in [0.1, 0.15) is 18.4 Å². The minimum Gasteiger partial charge on any atom is -0.477 e. The van der Waals surface area contributed by atoms with E-state index in [4.69, 9.17) is 4.74 Å². The number of carbonyl (C=O) groups excluding carboxylic acids is 1. The van der Waals surface area contributed by atoms with Crippen molar-refractivity contribution in [1.29, 1.82) is 0 Å². The highest BCUT2D eigenvalue weighted by molar-refractivity contribution is 5.78. The Morgan fingerprint density at radius 1 is 1.42 bits per heavy atom. The van der Waals surface area contributed by atoms with E-state index in [9.17, 15) is 14.9 Å². The fourth-order valence-electron chi connectivity index (χ4n) is 2.09. The van der Waals surface area contributed by atoms with Gasteiger partial charge in [-0.3, -0.25) is 14.9 Å². The summed E-state index contributed by atoms with van der Waals surface area (Å²) in [5, 5.41) is 10.9. The Bertz CT molecular complexity index is 495. The molecular weight excluding hydrogens is 248 g/mol. The van der Waals surface area contributed by atoms with Gasteiger partial charge in [0.15, 0.2) is 12.4 Å². The van der Waals surface area contributed by atoms with Gasteiger partial charge < -0.3 is 9.64 Å². The summed E-state index contributed by atoms with van der Waals surface area (Å²) in [5.74, 6) is 0.0236. The number of nitro benzene ring substituents is 1. The first-order valence-electron chi connectivity index (χ1n) is 6.23. The summed E-state index contributed by atoms with van der Waals surface area (Å²) < 4.78 is 5.29. The van der Waals surface area contributed by atoms with Gasteiger partial charge in [0.05, 0.1) is 4.92 Å². The number of ether oxygens (including phenoxy) is 1. The van der Waals surface area contributed by atoms with Crippen molar-refractivity contribution in [3.8, 4) is 5.75 Å². The summed E-state index contributed by atoms with van der Waals surface area (Å²) in [4.78, 5) is 23.9. The molecule has 1 aromatic rings. The Hall–Kier alpha value is -2.11. The van der Waals surface area contributed by atoms with Crippen LogP contribution in [0.5, 0.6) is 5.75 Å². The van der Waals surface area contributed by atoms with Crippen molar-refractivity contribution in [3.63, 3.8) is 0 Å². The smallest absolute Gasteiger partial charge is 0.311 e. The van der Waals surface area contributed by atoms with E-state index in [0.29, 0.717) is 0 Å². The third-order valence-electron chi connectivity index (χ3n) is 3.12. The zero-order valence-corrected chi connectivity index (χ0v) is 10.8. The van der Waals surface area contributed by atoms with Crippen molar-refractivity contribution >= 4 is 11.6 Å². The Balaban J connectivity index is 2.02. The zero-order chi connectivity index (χ0) is 13.8. The molecule has 0 unspecified atom stereocenters. The summed E-state index contributed by atoms with van der Waals surface area (Å²) in [6.07, 6.45) is 2.02. The van der Waals surface area contributed by atoms with Crippen molar-refractivity contribution in [1.82, 2.24) is 4.90 Å². The molecule has 0 N–H and O–H groups in total. The first-order chi connectivity index (χ1) is 9.08. The molecular formula is C13H16N2O4. The van der Waals surface area contributed by atoms with Crippen LogP contribution in [0.3, 0.4) is 0 Å². The predicted octanol–water partition coefficient (Wildman–Crippen LogP) is 1.90. The maximum absolute atomic E-state index is 11.8. The van der Waals surface area contributed by atoms with Crippen molar-refractivity contribution in [2.24, 2.45) is 0 Å². The molecule has 0 aromatic heterocycles. The number of aryl methyl sites for hydroxylation is 1. The van der Waals surface area contributed by atoms with Gasteiger partial charge in [0.1, 0.15) is 0 Å². The summed E-state index contributed by atoms with van der Waals surface area (Å²) in [6, 6.07) is 4.70. The number of rotatable bonds is 4. The standard InChI is InChI=1S/C13H16N2O4/c1-10-4-5-12(11(8-10)15(17)18)19-9-13(16)14-6-2-3-7-14/h4-5,8H,2-3,6-7,9H2,1H3. The van der Waals surface area contributed by atoms with E-state index in [-0.39, 0.29) is 24.0 Å². The predicted molar refractivity (Wildman–Crippen MR) is 69.1 cm³/mol. The monoisotopic (exact) mass is 264 g/mol. The maximum Gasteiger partial charge on any atom is 0.311 e. The number of carbonyl (C=O) groups is 1. The molecule has 1 heterocycles. The fraction of sp³-hybridized carbons (Fsp3) is 0.462. The second-order valence-corrected chi connectivity index (χ2v) is 4.60. The summed E-state index contributed by atoms with van der Waals surface area (Å²) in [5.41, 5.74) is 0.680. The van der Waals surface area contributed by atoms with Gasteiger partial charge in [-0.05, 0) is 31.4 Å². The molecule has 0 spiro atoms. The lowest BCUT2D eigenvalue weighted by Gasteiger charge is -2.15. The lowest BCUT2D eigenvalue weighted by molar-refractivity contribution is -0.385. The van der Waals surface area contributed by atoms with Crippen LogP contribution in [-0.2, 0) is 4.79 Å². The lowest BCUT2D eigenvalue weighted by Crippen LogP contribution is -2.32. The SMILES string of the molecule is Cc1ccc(OCC(=O)N2CCCC2)c([N+](=O)[O-])c1. The van der Waals surface area contributed by atoms with Crippen molar-refractivity contribution in [2.45, 2.75) is 19.8 Å². The van der Waals surface area contributed by atoms with Crippen molar-refractivity contribution < 1.29 is 14.5 Å². The second kappa shape index (κ2) is 5.69. The number of nitro groups is 1. The number of likely N-dealkylation sites (tertiary alicyclic amines) is 1. The molecule has 1 aliphatic heterocycles. The minimum atomic E-state index is -0.497. The summed E-state index contributed by atoms with van der Waals surface area (Å²) in [6.45, 7) is 3.12. The van der Waals surface area contributed by atoms with Crippen LogP contribution in [0.25, 0.3) is 0 Å². The topological polar surface area (TPSA) is 72.7 Å². The average Bonchev–Trinajstić information content (AvgIpc) is 2.90. The number of nitrogens with zero attached hydrogens (tertiary/aromatic N) is 2. The fourth-order valence-corrected chi connectivity index (χ4v) is 2.09. The molecule has 0 aliphatic carbocycles. The minimum absolute atomic E-state index is 0.103. The van der Waals surface area contributed by atoms with Gasteiger partial charge in [0.25, 0.3) is 5.91 Å². The van der Waals surface area contributed by atoms with Crippen LogP contribution < -0.4 is 4.74 Å². The molecule has 19 heavy (non-hydrogen) atoms. The molecule has 6 heteroatoms. The molecule has 102 valence electrons. The number of hydrogen-bond acceptors (Lipinski definition) is 4. The van der Waals surface area contributed by atoms with E-state index in [0.717, 1.165) is 31.5 Å². The molecule has 0 radical (unpaired) electrons. The number of hydrogen-bond donors (Lipinski definition) is 0. The summed E-state index contributed by atoms with van der Waals surface area (Å²) >= 11 is 0. The molecule has 0 bridgehead atoms. The molecule has 6 nitrogen and oxygen atoms in total. The molecule has 1 aliphatic rings. The maximum atomic E-state index is 11.8. The van der Waals surface area contributed by atoms with Crippen LogP contribution in [-0.4, -0.2) is 35.4 Å². The van der Waals surface area contributed by atoms with Crippen molar-refractivity contribution in [2.75, 3.05) is 19.7 Å². The molecule has 0 saturated carbocycles. The Morgan fingerprint density at radius 2 is 2.11 bits per heavy atom. The van der Waals surface area contributed by atoms with Gasteiger partial charge in [-0.15, -0.1) is 0 Å². The summed E-state index contributed by atoms with van der Waals surface area (Å²) in [7, 11) is 0. The highest BCUT2D eigenvalue weighted by Crippen LogP contribution is 2.27. The van der Waals surface area contributed by atoms with Crippen LogP contribution in [0.15, 0.2) is 18.2 Å². The molecule has 1 saturated heterocycles. The van der Waals surface area contributed by atoms with E-state index in [1.54, 1.807) is 17.9 Å². The van der Waals surface area contributed by atoms with E-state index in [2.05, 4.69) is 0 Å². The van der Waals surface area contributed by atoms with Gasteiger partial charge in [-0.2, -0.15) is 0 Å². The van der Waals surface area contributed by atoms with Gasteiger partial charge in [-0.25, -0.2) is 0 Å². The van der Waals surface area contributed by atoms with Crippen LogP contribution in [0.4, 0.5) is 5.69 Å². The second-order valence-electron chi connectivity index (χ2n) is 4.60. The molecule has 0 atom stereocenters. The lowest BCUT2D eigenvalue weighted by atomic mass is 10.2. The van der Waals surface area contributed by atoms with Crippen LogP contribution >= 0.6 is 0 Å². The normalized spacial score (nSPS) is 14.5. The van der Waals surface area contributed by atoms with Gasteiger partial charge >= 0.3 is 5.69 Å². The molecule has 2 rings (SSSR count). The largest absolute Gasteiger partial charge is 0.477 e. The number of benzene rings is 1. The molecule has 1 aromatic carbocycles. The first kappa shape index (κ1) is 13.3. The van der Waals surface area contributed by atoms with Crippen LogP contribution in [0.2, 0.25) is 0 Å². The van der Waals surface area contributed by atoms with E-state index < -0.39 is 4.92 Å².